The molecule has 0 saturated heterocycles. The molecular weight excluding hydrogens is 172 g/mol. The smallest absolute Gasteiger partial charge is 0.321 e. The minimum absolute atomic E-state index is 0.0793. The summed E-state index contributed by atoms with van der Waals surface area (Å²) in [6.45, 7) is 1.41. The fraction of sp³-hybridized carbons (Fsp3) is 0.750. The number of ketones is 1. The van der Waals surface area contributed by atoms with Crippen LogP contribution in [0.2, 0.25) is 2.82 Å². The maximum absolute atomic E-state index is 11.3. The second kappa shape index (κ2) is 5.66. The predicted molar refractivity (Wildman–Crippen MR) is 48.1 cm³/mol. The molecule has 0 radical (unpaired) electrons. The molecule has 76 valence electrons. The maximum Gasteiger partial charge on any atom is 0.321 e. The number of aliphatic carboxylic acids is 1. The number of nitrogens with two attached hydrogens (primary N) is 2. The Morgan fingerprint density at radius 2 is 2.31 bits per heavy atom. The third-order valence-electron chi connectivity index (χ3n) is 1.74. The van der Waals surface area contributed by atoms with Crippen molar-refractivity contribution in [3.8, 4) is 0 Å². The highest BCUT2D eigenvalue weighted by atomic mass is 16.4. The first-order chi connectivity index (χ1) is 7.28. The first-order valence-electron chi connectivity index (χ1n) is 5.39. The largest absolute Gasteiger partial charge is 0.480 e. The molecule has 0 aliphatic rings. The van der Waals surface area contributed by atoms with Crippen LogP contribution in [-0.2, 0) is 9.59 Å². The van der Waals surface area contributed by atoms with Gasteiger partial charge in [-0.25, -0.2) is 0 Å². The van der Waals surface area contributed by atoms with Crippen molar-refractivity contribution in [3.05, 3.63) is 0 Å². The van der Waals surface area contributed by atoms with E-state index in [9.17, 15) is 9.59 Å². The molecule has 0 saturated carbocycles. The minimum atomic E-state index is -2.58. The molecule has 0 amide bonds. The van der Waals surface area contributed by atoms with Crippen LogP contribution in [0.4, 0.5) is 0 Å². The van der Waals surface area contributed by atoms with Crippen LogP contribution in [0.15, 0.2) is 0 Å². The van der Waals surface area contributed by atoms with Crippen molar-refractivity contribution < 1.29 is 18.9 Å². The van der Waals surface area contributed by atoms with Gasteiger partial charge in [-0.05, 0) is 26.3 Å². The maximum atomic E-state index is 11.3. The van der Waals surface area contributed by atoms with Crippen molar-refractivity contribution in [1.82, 2.24) is 0 Å². The molecule has 0 aromatic rings. The highest BCUT2D eigenvalue weighted by Crippen LogP contribution is 2.11. The van der Waals surface area contributed by atoms with Gasteiger partial charge >= 0.3 is 5.97 Å². The van der Waals surface area contributed by atoms with Gasteiger partial charge in [-0.15, -0.1) is 0 Å². The van der Waals surface area contributed by atoms with Crippen LogP contribution in [0, 0.1) is 5.92 Å². The van der Waals surface area contributed by atoms with Gasteiger partial charge in [0.15, 0.2) is 0 Å². The van der Waals surface area contributed by atoms with Crippen molar-refractivity contribution in [1.29, 1.82) is 0 Å². The Kier molecular flexibility index (Phi) is 3.25. The van der Waals surface area contributed by atoms with Crippen molar-refractivity contribution in [3.63, 3.8) is 0 Å². The molecule has 13 heavy (non-hydrogen) atoms. The number of Topliss-reactive ketones (excluding diaryl/α,β-unsaturated/α-hetero) is 1. The van der Waals surface area contributed by atoms with Crippen LogP contribution in [0.1, 0.15) is 21.1 Å². The Hall–Kier alpha value is -0.940. The van der Waals surface area contributed by atoms with E-state index in [1.807, 2.05) is 0 Å². The van der Waals surface area contributed by atoms with Crippen molar-refractivity contribution >= 4 is 11.8 Å². The number of hydrogen-bond acceptors (Lipinski definition) is 4. The van der Waals surface area contributed by atoms with E-state index in [-0.39, 0.29) is 18.7 Å². The fourth-order valence-corrected chi connectivity index (χ4v) is 1.00. The first kappa shape index (κ1) is 7.46. The van der Waals surface area contributed by atoms with Crippen LogP contribution in [-0.4, -0.2) is 29.4 Å². The normalized spacial score (nSPS) is 21.0. The molecular formula is C8H16N2O3. The van der Waals surface area contributed by atoms with E-state index < -0.39 is 23.7 Å². The lowest BCUT2D eigenvalue weighted by atomic mass is 9.91. The number of hydrogen-bond donors (Lipinski definition) is 3. The summed E-state index contributed by atoms with van der Waals surface area (Å²) in [6.07, 6.45) is 0.446. The Bertz CT molecular complexity index is 275. The van der Waals surface area contributed by atoms with Crippen molar-refractivity contribution in [2.24, 2.45) is 17.4 Å². The van der Waals surface area contributed by atoms with Gasteiger partial charge in [-0.1, -0.05) is 0 Å². The zero-order chi connectivity index (χ0) is 12.9. The molecule has 0 aromatic heterocycles. The van der Waals surface area contributed by atoms with Crippen LogP contribution in [0.25, 0.3) is 0 Å². The molecule has 5 heteroatoms. The van der Waals surface area contributed by atoms with E-state index in [2.05, 4.69) is 0 Å². The lowest BCUT2D eigenvalue weighted by Crippen LogP contribution is -2.41. The molecule has 0 heterocycles. The van der Waals surface area contributed by atoms with Crippen molar-refractivity contribution in [2.45, 2.75) is 25.8 Å². The molecule has 0 fully saturated rings. The Balaban J connectivity index is 5.10. The standard InChI is InChI=1S/C8H16N2O3/c1-5(11)6(3-2-4-9)7(10)8(12)13/h6-7H,2-4,9-10H2,1H3,(H,12,13)/t6?,7-/m0/s1/i7D/hD2. The van der Waals surface area contributed by atoms with Gasteiger partial charge in [0.05, 0.1) is 1.37 Å². The molecule has 5 N–H and O–H groups in total. The van der Waals surface area contributed by atoms with Gasteiger partial charge in [0, 0.05) is 5.92 Å². The topological polar surface area (TPSA) is 106 Å². The lowest BCUT2D eigenvalue weighted by Gasteiger charge is -2.16. The van der Waals surface area contributed by atoms with Gasteiger partial charge in [-0.3, -0.25) is 9.59 Å². The van der Waals surface area contributed by atoms with Gasteiger partial charge in [0.2, 0.25) is 0 Å². The fourth-order valence-electron chi connectivity index (χ4n) is 1.00. The highest BCUT2D eigenvalue weighted by molar-refractivity contribution is 5.86. The van der Waals surface area contributed by atoms with Crippen LogP contribution >= 0.6 is 0 Å². The monoisotopic (exact) mass is 191 g/mol. The molecule has 0 bridgehead atoms. The first-order valence-corrected chi connectivity index (χ1v) is 4.00. The van der Waals surface area contributed by atoms with E-state index in [4.69, 9.17) is 15.0 Å². The highest BCUT2D eigenvalue weighted by Gasteiger charge is 2.27. The van der Waals surface area contributed by atoms with E-state index in [1.54, 1.807) is 0 Å². The Morgan fingerprint density at radius 3 is 2.62 bits per heavy atom. The SMILES string of the molecule is [2H]N([2H])[C@]([2H])(C(=O)O)C(CCCN)C(C)=O. The van der Waals surface area contributed by atoms with Crippen LogP contribution in [0.5, 0.6) is 0 Å². The third-order valence-corrected chi connectivity index (χ3v) is 1.74. The molecule has 2 atom stereocenters. The van der Waals surface area contributed by atoms with Gasteiger partial charge in [0.25, 0.3) is 0 Å². The van der Waals surface area contributed by atoms with Gasteiger partial charge in [-0.2, -0.15) is 0 Å². The quantitative estimate of drug-likeness (QED) is 0.495. The average molecular weight is 191 g/mol. The molecule has 0 aliphatic heterocycles. The summed E-state index contributed by atoms with van der Waals surface area (Å²) in [5.41, 5.74) is 4.99. The molecule has 0 spiro atoms. The Morgan fingerprint density at radius 1 is 1.69 bits per heavy atom. The average Bonchev–Trinajstić information content (AvgIpc) is 2.16. The lowest BCUT2D eigenvalue weighted by molar-refractivity contribution is -0.142. The summed E-state index contributed by atoms with van der Waals surface area (Å²) in [4.78, 5) is 22.2. The number of carboxylic acids is 1. The summed E-state index contributed by atoms with van der Waals surface area (Å²) < 4.78 is 21.5. The molecule has 0 aromatic carbocycles. The number of carbonyl (C=O) groups excluding carboxylic acids is 1. The number of carbonyl (C=O) groups is 2. The Labute approximate surface area is 81.4 Å². The molecule has 5 nitrogen and oxygen atoms in total. The molecule has 0 aliphatic carbocycles. The second-order valence-corrected chi connectivity index (χ2v) is 2.78. The molecule has 0 rings (SSSR count). The second-order valence-electron chi connectivity index (χ2n) is 2.78. The summed E-state index contributed by atoms with van der Waals surface area (Å²) in [5.74, 6) is -3.45. The number of carboxylic acid groups (broad SMARTS) is 1. The summed E-state index contributed by atoms with van der Waals surface area (Å²) in [5, 5.41) is 8.87. The summed E-state index contributed by atoms with van der Waals surface area (Å²) in [6, 6.07) is -2.58. The minimum Gasteiger partial charge on any atom is -0.480 e. The van der Waals surface area contributed by atoms with Gasteiger partial charge in [0.1, 0.15) is 14.6 Å². The molecule has 1 unspecified atom stereocenters. The summed E-state index contributed by atoms with van der Waals surface area (Å²) >= 11 is 0. The van der Waals surface area contributed by atoms with Gasteiger partial charge < -0.3 is 16.6 Å². The van der Waals surface area contributed by atoms with Crippen molar-refractivity contribution in [2.75, 3.05) is 6.54 Å². The van der Waals surface area contributed by atoms with E-state index in [1.165, 1.54) is 0 Å². The zero-order valence-corrected chi connectivity index (χ0v) is 7.49. The van der Waals surface area contributed by atoms with E-state index >= 15 is 0 Å². The zero-order valence-electron chi connectivity index (χ0n) is 10.5. The third kappa shape index (κ3) is 4.00. The summed E-state index contributed by atoms with van der Waals surface area (Å²) in [7, 11) is 0. The number of rotatable bonds is 7. The van der Waals surface area contributed by atoms with E-state index in [0.717, 1.165) is 6.92 Å². The van der Waals surface area contributed by atoms with Crippen LogP contribution < -0.4 is 11.5 Å². The van der Waals surface area contributed by atoms with Crippen LogP contribution in [0.3, 0.4) is 0 Å². The predicted octanol–water partition coefficient (Wildman–Crippen LogP) is -0.658. The van der Waals surface area contributed by atoms with E-state index in [0.29, 0.717) is 6.42 Å².